The maximum absolute atomic E-state index is 13.1. The Morgan fingerprint density at radius 1 is 0.493 bits per heavy atom. The Labute approximate surface area is 428 Å². The zero-order chi connectivity index (χ0) is 51.8. The summed E-state index contributed by atoms with van der Waals surface area (Å²) in [6.07, 6.45) is 48.5. The predicted molar refractivity (Wildman–Crippen MR) is 284 cm³/mol. The summed E-state index contributed by atoms with van der Waals surface area (Å²) in [5.74, 6) is -3.32. The van der Waals surface area contributed by atoms with E-state index in [2.05, 4.69) is 99.8 Å². The van der Waals surface area contributed by atoms with E-state index >= 15 is 0 Å². The minimum absolute atomic E-state index is 0.0217. The molecule has 6 atom stereocenters. The number of aliphatic hydroxyl groups is 2. The van der Waals surface area contributed by atoms with Gasteiger partial charge < -0.3 is 39.0 Å². The monoisotopic (exact) mass is 995 g/mol. The first kappa shape index (κ1) is 64.7. The van der Waals surface area contributed by atoms with Crippen LogP contribution < -0.4 is 0 Å². The second kappa shape index (κ2) is 46.7. The van der Waals surface area contributed by atoms with E-state index in [0.717, 1.165) is 103 Å². The van der Waals surface area contributed by atoms with E-state index in [-0.39, 0.29) is 25.9 Å². The fourth-order valence-corrected chi connectivity index (χ4v) is 7.57. The maximum Gasteiger partial charge on any atom is 0.335 e. The average molecular weight is 995 g/mol. The molecule has 0 amide bonds. The smallest absolute Gasteiger partial charge is 0.335 e. The van der Waals surface area contributed by atoms with Crippen molar-refractivity contribution in [2.75, 3.05) is 13.2 Å². The van der Waals surface area contributed by atoms with Crippen molar-refractivity contribution in [1.29, 1.82) is 0 Å². The number of aliphatic hydroxyl groups excluding tert-OH is 2. The first-order valence-corrected chi connectivity index (χ1v) is 27.2. The number of unbranched alkanes of at least 4 members (excludes halogenated alkanes) is 15. The van der Waals surface area contributed by atoms with Crippen LogP contribution in [0.3, 0.4) is 0 Å². The number of esters is 3. The number of rotatable bonds is 44. The van der Waals surface area contributed by atoms with Gasteiger partial charge in [-0.2, -0.15) is 0 Å². The molecular weight excluding hydrogens is 901 g/mol. The lowest BCUT2D eigenvalue weighted by molar-refractivity contribution is -0.301. The van der Waals surface area contributed by atoms with Crippen molar-refractivity contribution in [3.8, 4) is 0 Å². The van der Waals surface area contributed by atoms with Crippen LogP contribution in [0.25, 0.3) is 0 Å². The molecule has 12 nitrogen and oxygen atoms in total. The number of carbonyl (C=O) groups is 4. The number of carboxylic acid groups (broad SMARTS) is 1. The molecule has 0 aromatic heterocycles. The predicted octanol–water partition coefficient (Wildman–Crippen LogP) is 13.3. The van der Waals surface area contributed by atoms with Crippen molar-refractivity contribution < 1.29 is 58.2 Å². The Morgan fingerprint density at radius 2 is 0.930 bits per heavy atom. The SMILES string of the molecule is CC/C=C\C/C=C\C/C=C\C/C=C\C/C=C\CC(=O)OCC(COC1OC(C(=O)O)C(O)C(O)C1OC(=O)CCCCCCCCCCCCC)OC(=O)CCCCCCC/C=C\C/C=C\C/C=C\CC. The van der Waals surface area contributed by atoms with Gasteiger partial charge in [-0.3, -0.25) is 14.4 Å². The Bertz CT molecular complexity index is 1610. The molecule has 12 heteroatoms. The standard InChI is InChI=1S/C59H94O12/c1-4-7-10-13-16-19-22-24-26-28-31-33-36-39-42-45-51(60)67-48-50(69-52(61)46-43-40-37-35-32-29-27-25-23-20-17-14-11-8-5-2)49-68-59-57(55(64)54(63)56(71-59)58(65)66)70-53(62)47-44-41-38-34-30-21-18-15-12-9-6-3/h7-8,10-11,16-17,19-20,24-27,31,33,39,42,50,54-57,59,63-64H,4-6,9,12-15,18,21-23,28-30,32,34-38,40-41,43-49H2,1-3H3,(H,65,66)/b10-7-,11-8-,19-16-,20-17-,26-24-,27-25-,33-31-,42-39-. The second-order valence-electron chi connectivity index (χ2n) is 18.1. The molecule has 6 unspecified atom stereocenters. The summed E-state index contributed by atoms with van der Waals surface area (Å²) < 4.78 is 28.2. The fraction of sp³-hybridized carbons (Fsp3) is 0.661. The summed E-state index contributed by atoms with van der Waals surface area (Å²) in [7, 11) is 0. The zero-order valence-electron chi connectivity index (χ0n) is 43.9. The highest BCUT2D eigenvalue weighted by Gasteiger charge is 2.50. The summed E-state index contributed by atoms with van der Waals surface area (Å²) in [6, 6.07) is 0. The number of allylic oxidation sites excluding steroid dienone is 15. The van der Waals surface area contributed by atoms with Gasteiger partial charge in [0.1, 0.15) is 18.8 Å². The number of hydrogen-bond donors (Lipinski definition) is 3. The third-order valence-electron chi connectivity index (χ3n) is 11.7. The minimum atomic E-state index is -1.92. The minimum Gasteiger partial charge on any atom is -0.479 e. The molecule has 1 aliphatic rings. The molecule has 1 saturated heterocycles. The van der Waals surface area contributed by atoms with Crippen LogP contribution in [0.2, 0.25) is 0 Å². The summed E-state index contributed by atoms with van der Waals surface area (Å²) >= 11 is 0. The van der Waals surface area contributed by atoms with Crippen LogP contribution in [0.1, 0.15) is 201 Å². The van der Waals surface area contributed by atoms with Crippen LogP contribution in [0, 0.1) is 0 Å². The molecular formula is C59H94O12. The Balaban J connectivity index is 2.79. The molecule has 0 spiro atoms. The molecule has 0 bridgehead atoms. The van der Waals surface area contributed by atoms with Crippen molar-refractivity contribution >= 4 is 23.9 Å². The van der Waals surface area contributed by atoms with Gasteiger partial charge in [-0.1, -0.05) is 201 Å². The molecule has 0 radical (unpaired) electrons. The second-order valence-corrected chi connectivity index (χ2v) is 18.1. The molecule has 0 aromatic rings. The van der Waals surface area contributed by atoms with Crippen molar-refractivity contribution in [1.82, 2.24) is 0 Å². The van der Waals surface area contributed by atoms with Crippen LogP contribution in [0.5, 0.6) is 0 Å². The van der Waals surface area contributed by atoms with E-state index in [0.29, 0.717) is 19.3 Å². The third-order valence-corrected chi connectivity index (χ3v) is 11.7. The molecule has 3 N–H and O–H groups in total. The van der Waals surface area contributed by atoms with Crippen molar-refractivity contribution in [2.24, 2.45) is 0 Å². The lowest BCUT2D eigenvalue weighted by atomic mass is 9.98. The van der Waals surface area contributed by atoms with Crippen molar-refractivity contribution in [3.63, 3.8) is 0 Å². The first-order valence-electron chi connectivity index (χ1n) is 27.2. The summed E-state index contributed by atoms with van der Waals surface area (Å²) in [6.45, 7) is 5.62. The first-order chi connectivity index (χ1) is 34.6. The zero-order valence-corrected chi connectivity index (χ0v) is 43.9. The van der Waals surface area contributed by atoms with Gasteiger partial charge >= 0.3 is 23.9 Å². The Morgan fingerprint density at radius 3 is 1.42 bits per heavy atom. The summed E-state index contributed by atoms with van der Waals surface area (Å²) in [5, 5.41) is 31.3. The maximum atomic E-state index is 13.1. The summed E-state index contributed by atoms with van der Waals surface area (Å²) in [4.78, 5) is 50.9. The van der Waals surface area contributed by atoms with Gasteiger partial charge in [-0.15, -0.1) is 0 Å². The average Bonchev–Trinajstić information content (AvgIpc) is 3.35. The highest BCUT2D eigenvalue weighted by atomic mass is 16.7. The van der Waals surface area contributed by atoms with Gasteiger partial charge in [0, 0.05) is 12.8 Å². The van der Waals surface area contributed by atoms with Crippen molar-refractivity contribution in [2.45, 2.75) is 237 Å². The van der Waals surface area contributed by atoms with Gasteiger partial charge in [0.15, 0.2) is 24.6 Å². The lowest BCUT2D eigenvalue weighted by Gasteiger charge is -2.40. The fourth-order valence-electron chi connectivity index (χ4n) is 7.57. The molecule has 0 aliphatic carbocycles. The largest absolute Gasteiger partial charge is 0.479 e. The number of carboxylic acids is 1. The van der Waals surface area contributed by atoms with Gasteiger partial charge in [0.05, 0.1) is 13.0 Å². The number of hydrogen-bond acceptors (Lipinski definition) is 11. The van der Waals surface area contributed by atoms with Crippen LogP contribution in [-0.4, -0.2) is 89.2 Å². The van der Waals surface area contributed by atoms with Gasteiger partial charge in [0.25, 0.3) is 0 Å². The quantitative estimate of drug-likeness (QED) is 0.0228. The molecule has 71 heavy (non-hydrogen) atoms. The number of ether oxygens (including phenoxy) is 5. The molecule has 1 aliphatic heterocycles. The van der Waals surface area contributed by atoms with Crippen LogP contribution in [0.15, 0.2) is 97.2 Å². The van der Waals surface area contributed by atoms with Crippen molar-refractivity contribution in [3.05, 3.63) is 97.2 Å². The highest BCUT2D eigenvalue weighted by molar-refractivity contribution is 5.74. The van der Waals surface area contributed by atoms with E-state index in [1.165, 1.54) is 38.5 Å². The molecule has 1 rings (SSSR count). The highest BCUT2D eigenvalue weighted by Crippen LogP contribution is 2.26. The van der Waals surface area contributed by atoms with Crippen LogP contribution in [0.4, 0.5) is 0 Å². The van der Waals surface area contributed by atoms with Crippen LogP contribution in [-0.2, 0) is 42.9 Å². The lowest BCUT2D eigenvalue weighted by Crippen LogP contribution is -2.61. The summed E-state index contributed by atoms with van der Waals surface area (Å²) in [5.41, 5.74) is 0. The van der Waals surface area contributed by atoms with E-state index in [1.54, 1.807) is 6.08 Å². The molecule has 0 saturated carbocycles. The van der Waals surface area contributed by atoms with Gasteiger partial charge in [-0.05, 0) is 77.0 Å². The van der Waals surface area contributed by atoms with E-state index in [9.17, 15) is 34.5 Å². The topological polar surface area (TPSA) is 175 Å². The van der Waals surface area contributed by atoms with Gasteiger partial charge in [0.2, 0.25) is 0 Å². The van der Waals surface area contributed by atoms with E-state index < -0.39 is 67.3 Å². The molecule has 1 fully saturated rings. The van der Waals surface area contributed by atoms with E-state index in [1.807, 2.05) is 12.2 Å². The molecule has 402 valence electrons. The Hall–Kier alpha value is -4.36. The molecule has 1 heterocycles. The normalized spacial score (nSPS) is 19.3. The van der Waals surface area contributed by atoms with Crippen LogP contribution >= 0.6 is 0 Å². The Kier molecular flexibility index (Phi) is 42.5. The van der Waals surface area contributed by atoms with E-state index in [4.69, 9.17) is 23.7 Å². The van der Waals surface area contributed by atoms with Gasteiger partial charge in [-0.25, -0.2) is 4.79 Å². The molecule has 0 aromatic carbocycles. The third kappa shape index (κ3) is 37.1. The number of aliphatic carboxylic acids is 1. The number of carbonyl (C=O) groups excluding carboxylic acids is 3.